The fourth-order valence-electron chi connectivity index (χ4n) is 2.31. The van der Waals surface area contributed by atoms with E-state index in [1.807, 2.05) is 24.3 Å². The van der Waals surface area contributed by atoms with Crippen LogP contribution in [-0.2, 0) is 16.6 Å². The van der Waals surface area contributed by atoms with Crippen LogP contribution in [0.25, 0.3) is 10.9 Å². The predicted octanol–water partition coefficient (Wildman–Crippen LogP) is 2.47. The van der Waals surface area contributed by atoms with Gasteiger partial charge in [0.25, 0.3) is 5.91 Å². The van der Waals surface area contributed by atoms with Gasteiger partial charge in [-0.1, -0.05) is 30.3 Å². The Morgan fingerprint density at radius 1 is 1.08 bits per heavy atom. The number of fused-ring (bicyclic) bond motifs is 1. The monoisotopic (exact) mass is 343 g/mol. The molecule has 0 bridgehead atoms. The van der Waals surface area contributed by atoms with Crippen LogP contribution in [0.5, 0.6) is 0 Å². The van der Waals surface area contributed by atoms with Crippen molar-refractivity contribution >= 4 is 32.5 Å². The van der Waals surface area contributed by atoms with Gasteiger partial charge in [0.1, 0.15) is 5.69 Å². The summed E-state index contributed by atoms with van der Waals surface area (Å²) in [5.41, 5.74) is 2.84. The standard InChI is InChI=1S/C17H17N3O3S/c1-24(22,23)18-11-12-6-8-14(9-7-12)19-17(21)16-10-13-4-2-3-5-15(13)20-16/h2-10,18,20H,11H2,1H3,(H,19,21). The van der Waals surface area contributed by atoms with Crippen LogP contribution >= 0.6 is 0 Å². The summed E-state index contributed by atoms with van der Waals surface area (Å²) in [6.45, 7) is 0.217. The summed E-state index contributed by atoms with van der Waals surface area (Å²) < 4.78 is 24.6. The molecule has 1 heterocycles. The average molecular weight is 343 g/mol. The Morgan fingerprint density at radius 3 is 2.46 bits per heavy atom. The number of para-hydroxylation sites is 1. The number of benzene rings is 2. The van der Waals surface area contributed by atoms with E-state index in [1.54, 1.807) is 30.3 Å². The summed E-state index contributed by atoms with van der Waals surface area (Å²) in [5, 5.41) is 3.79. The van der Waals surface area contributed by atoms with E-state index < -0.39 is 10.0 Å². The molecule has 3 rings (SSSR count). The first-order chi connectivity index (χ1) is 11.4. The Morgan fingerprint density at radius 2 is 1.79 bits per heavy atom. The zero-order valence-corrected chi connectivity index (χ0v) is 13.9. The number of H-pyrrole nitrogens is 1. The Hall–Kier alpha value is -2.64. The van der Waals surface area contributed by atoms with E-state index in [0.717, 1.165) is 22.7 Å². The van der Waals surface area contributed by atoms with Crippen molar-refractivity contribution in [1.82, 2.24) is 9.71 Å². The van der Waals surface area contributed by atoms with Crippen LogP contribution in [0.4, 0.5) is 5.69 Å². The van der Waals surface area contributed by atoms with Crippen molar-refractivity contribution in [2.45, 2.75) is 6.54 Å². The van der Waals surface area contributed by atoms with Crippen molar-refractivity contribution in [1.29, 1.82) is 0 Å². The molecule has 1 amide bonds. The molecule has 0 aliphatic rings. The second-order valence-corrected chi connectivity index (χ2v) is 7.35. The number of aromatic amines is 1. The molecule has 0 saturated carbocycles. The summed E-state index contributed by atoms with van der Waals surface area (Å²) in [6, 6.07) is 16.5. The lowest BCUT2D eigenvalue weighted by molar-refractivity contribution is 0.102. The number of amides is 1. The Balaban J connectivity index is 1.68. The maximum absolute atomic E-state index is 12.3. The third-order valence-corrected chi connectivity index (χ3v) is 4.19. The van der Waals surface area contributed by atoms with E-state index in [1.165, 1.54) is 0 Å². The van der Waals surface area contributed by atoms with Crippen LogP contribution in [0, 0.1) is 0 Å². The van der Waals surface area contributed by atoms with E-state index in [9.17, 15) is 13.2 Å². The van der Waals surface area contributed by atoms with Crippen LogP contribution < -0.4 is 10.0 Å². The van der Waals surface area contributed by atoms with Gasteiger partial charge in [0.05, 0.1) is 6.26 Å². The lowest BCUT2D eigenvalue weighted by Gasteiger charge is -2.06. The number of hydrogen-bond donors (Lipinski definition) is 3. The molecule has 6 nitrogen and oxygen atoms in total. The normalized spacial score (nSPS) is 11.5. The van der Waals surface area contributed by atoms with E-state index in [4.69, 9.17) is 0 Å². The fourth-order valence-corrected chi connectivity index (χ4v) is 2.74. The first kappa shape index (κ1) is 16.2. The molecule has 0 atom stereocenters. The van der Waals surface area contributed by atoms with Crippen LogP contribution in [0.3, 0.4) is 0 Å². The molecule has 0 spiro atoms. The van der Waals surface area contributed by atoms with Gasteiger partial charge in [-0.2, -0.15) is 0 Å². The highest BCUT2D eigenvalue weighted by molar-refractivity contribution is 7.88. The number of anilines is 1. The SMILES string of the molecule is CS(=O)(=O)NCc1ccc(NC(=O)c2cc3ccccc3[nH]2)cc1. The minimum atomic E-state index is -3.22. The Labute approximate surface area is 139 Å². The number of nitrogens with one attached hydrogen (secondary N) is 3. The van der Waals surface area contributed by atoms with Crippen LogP contribution in [-0.4, -0.2) is 25.6 Å². The van der Waals surface area contributed by atoms with Crippen molar-refractivity contribution in [2.24, 2.45) is 0 Å². The topological polar surface area (TPSA) is 91.1 Å². The summed E-state index contributed by atoms with van der Waals surface area (Å²) in [5.74, 6) is -0.229. The number of sulfonamides is 1. The maximum atomic E-state index is 12.3. The average Bonchev–Trinajstić information content (AvgIpc) is 2.98. The zero-order chi connectivity index (χ0) is 17.2. The van der Waals surface area contributed by atoms with Gasteiger partial charge in [0.2, 0.25) is 10.0 Å². The molecule has 3 N–H and O–H groups in total. The number of carbonyl (C=O) groups excluding carboxylic acids is 1. The van der Waals surface area contributed by atoms with Crippen molar-refractivity contribution in [3.05, 3.63) is 65.9 Å². The highest BCUT2D eigenvalue weighted by atomic mass is 32.2. The number of carbonyl (C=O) groups is 1. The Kier molecular flexibility index (Phi) is 4.37. The highest BCUT2D eigenvalue weighted by Gasteiger charge is 2.09. The summed E-state index contributed by atoms with van der Waals surface area (Å²) in [4.78, 5) is 15.4. The quantitative estimate of drug-likeness (QED) is 0.664. The van der Waals surface area contributed by atoms with E-state index in [-0.39, 0.29) is 12.5 Å². The van der Waals surface area contributed by atoms with Gasteiger partial charge in [0, 0.05) is 23.1 Å². The van der Waals surface area contributed by atoms with E-state index >= 15 is 0 Å². The van der Waals surface area contributed by atoms with Gasteiger partial charge in [0.15, 0.2) is 0 Å². The van der Waals surface area contributed by atoms with Crippen molar-refractivity contribution in [2.75, 3.05) is 11.6 Å². The molecule has 0 radical (unpaired) electrons. The predicted molar refractivity (Wildman–Crippen MR) is 94.4 cm³/mol. The van der Waals surface area contributed by atoms with Crippen molar-refractivity contribution < 1.29 is 13.2 Å². The molecule has 0 fully saturated rings. The van der Waals surface area contributed by atoms with Crippen LogP contribution in [0.1, 0.15) is 16.1 Å². The Bertz CT molecular complexity index is 943. The van der Waals surface area contributed by atoms with Crippen LogP contribution in [0.2, 0.25) is 0 Å². The second-order valence-electron chi connectivity index (χ2n) is 5.51. The molecule has 24 heavy (non-hydrogen) atoms. The lowest BCUT2D eigenvalue weighted by atomic mass is 10.2. The van der Waals surface area contributed by atoms with Crippen LogP contribution in [0.15, 0.2) is 54.6 Å². The van der Waals surface area contributed by atoms with Crippen molar-refractivity contribution in [3.63, 3.8) is 0 Å². The smallest absolute Gasteiger partial charge is 0.272 e. The number of aromatic nitrogens is 1. The third kappa shape index (κ3) is 4.01. The molecule has 7 heteroatoms. The maximum Gasteiger partial charge on any atom is 0.272 e. The summed E-state index contributed by atoms with van der Waals surface area (Å²) in [7, 11) is -3.22. The van der Waals surface area contributed by atoms with Gasteiger partial charge in [-0.15, -0.1) is 0 Å². The first-order valence-electron chi connectivity index (χ1n) is 7.33. The van der Waals surface area contributed by atoms with Crippen molar-refractivity contribution in [3.8, 4) is 0 Å². The van der Waals surface area contributed by atoms with E-state index in [0.29, 0.717) is 11.4 Å². The highest BCUT2D eigenvalue weighted by Crippen LogP contribution is 2.16. The zero-order valence-electron chi connectivity index (χ0n) is 13.0. The van der Waals surface area contributed by atoms with Gasteiger partial charge >= 0.3 is 0 Å². The molecule has 0 aliphatic carbocycles. The molecular formula is C17H17N3O3S. The minimum Gasteiger partial charge on any atom is -0.351 e. The van der Waals surface area contributed by atoms with Gasteiger partial charge in [-0.25, -0.2) is 13.1 Å². The molecule has 2 aromatic carbocycles. The number of rotatable bonds is 5. The molecule has 0 aliphatic heterocycles. The molecule has 3 aromatic rings. The summed E-state index contributed by atoms with van der Waals surface area (Å²) in [6.07, 6.45) is 1.11. The third-order valence-electron chi connectivity index (χ3n) is 3.52. The van der Waals surface area contributed by atoms with Gasteiger partial charge < -0.3 is 10.3 Å². The largest absolute Gasteiger partial charge is 0.351 e. The molecule has 1 aromatic heterocycles. The summed E-state index contributed by atoms with van der Waals surface area (Å²) >= 11 is 0. The minimum absolute atomic E-state index is 0.217. The fraction of sp³-hybridized carbons (Fsp3) is 0.118. The second kappa shape index (κ2) is 6.46. The van der Waals surface area contributed by atoms with E-state index in [2.05, 4.69) is 15.0 Å². The first-order valence-corrected chi connectivity index (χ1v) is 9.22. The molecule has 124 valence electrons. The molecule has 0 saturated heterocycles. The molecule has 0 unspecified atom stereocenters. The molecular weight excluding hydrogens is 326 g/mol. The number of hydrogen-bond acceptors (Lipinski definition) is 3. The lowest BCUT2D eigenvalue weighted by Crippen LogP contribution is -2.21. The van der Waals surface area contributed by atoms with Gasteiger partial charge in [-0.05, 0) is 29.8 Å². The van der Waals surface area contributed by atoms with Gasteiger partial charge in [-0.3, -0.25) is 4.79 Å².